The first kappa shape index (κ1) is 25.6. The van der Waals surface area contributed by atoms with Crippen molar-refractivity contribution in [1.82, 2.24) is 5.09 Å². The number of hydrogen-bond acceptors (Lipinski definition) is 5. The maximum Gasteiger partial charge on any atom is 0.513 e. The second-order valence-corrected chi connectivity index (χ2v) is 9.53. The summed E-state index contributed by atoms with van der Waals surface area (Å²) in [6.07, 6.45) is 0. The molecule has 2 rings (SSSR count). The van der Waals surface area contributed by atoms with Gasteiger partial charge in [0.05, 0.1) is 6.61 Å². The Balaban J connectivity index is 2.39. The Morgan fingerprint density at radius 1 is 0.938 bits per heavy atom. The number of nitrogens with one attached hydrogen (secondary N) is 1. The number of hydrogen-bond donors (Lipinski definition) is 1. The minimum absolute atomic E-state index is 0.0137. The van der Waals surface area contributed by atoms with Crippen LogP contribution in [0, 0.1) is 34.5 Å². The molecule has 0 aliphatic heterocycles. The Morgan fingerprint density at radius 2 is 1.44 bits per heavy atom. The average Bonchev–Trinajstić information content (AvgIpc) is 2.72. The molecule has 0 saturated heterocycles. The predicted octanol–water partition coefficient (Wildman–Crippen LogP) is 5.52. The van der Waals surface area contributed by atoms with E-state index in [4.69, 9.17) is 9.26 Å². The molecule has 0 heterocycles. The van der Waals surface area contributed by atoms with Crippen LogP contribution in [0.1, 0.15) is 27.7 Å². The van der Waals surface area contributed by atoms with Crippen LogP contribution in [0.4, 0.5) is 22.0 Å². The van der Waals surface area contributed by atoms with E-state index in [9.17, 15) is 31.3 Å². The lowest BCUT2D eigenvalue weighted by Gasteiger charge is -2.24. The van der Waals surface area contributed by atoms with Gasteiger partial charge in [-0.1, -0.05) is 39.0 Å². The lowest BCUT2D eigenvalue weighted by molar-refractivity contribution is -0.148. The minimum atomic E-state index is -4.93. The lowest BCUT2D eigenvalue weighted by Crippen LogP contribution is -2.37. The highest BCUT2D eigenvalue weighted by Gasteiger charge is 2.38. The molecular formula is C20H21F5NO5P. The molecule has 0 bridgehead atoms. The van der Waals surface area contributed by atoms with Crippen molar-refractivity contribution in [2.24, 2.45) is 5.41 Å². The first-order valence-electron chi connectivity index (χ1n) is 9.24. The molecule has 6 nitrogen and oxygen atoms in total. The third-order valence-corrected chi connectivity index (χ3v) is 5.28. The summed E-state index contributed by atoms with van der Waals surface area (Å²) in [5.41, 5.74) is -0.397. The summed E-state index contributed by atoms with van der Waals surface area (Å²) < 4.78 is 96.7. The largest absolute Gasteiger partial charge is 0.513 e. The Kier molecular flexibility index (Phi) is 7.90. The van der Waals surface area contributed by atoms with Crippen LogP contribution in [0.5, 0.6) is 11.5 Å². The highest BCUT2D eigenvalue weighted by atomic mass is 31.2. The van der Waals surface area contributed by atoms with Crippen molar-refractivity contribution in [3.63, 3.8) is 0 Å². The van der Waals surface area contributed by atoms with Crippen molar-refractivity contribution in [2.75, 3.05) is 6.61 Å². The number of ether oxygens (including phenoxy) is 1. The summed E-state index contributed by atoms with van der Waals surface area (Å²) >= 11 is 0. The Bertz CT molecular complexity index is 1000. The van der Waals surface area contributed by atoms with Crippen LogP contribution in [-0.2, 0) is 14.1 Å². The summed E-state index contributed by atoms with van der Waals surface area (Å²) in [5, 5.41) is 2.10. The summed E-state index contributed by atoms with van der Waals surface area (Å²) in [6.45, 7) is 6.53. The van der Waals surface area contributed by atoms with E-state index in [1.54, 1.807) is 26.8 Å². The first-order valence-corrected chi connectivity index (χ1v) is 10.8. The molecule has 2 atom stereocenters. The topological polar surface area (TPSA) is 73.9 Å². The van der Waals surface area contributed by atoms with Crippen molar-refractivity contribution < 1.29 is 45.1 Å². The van der Waals surface area contributed by atoms with Crippen LogP contribution in [0.3, 0.4) is 0 Å². The van der Waals surface area contributed by atoms with E-state index in [0.717, 1.165) is 0 Å². The molecule has 176 valence electrons. The van der Waals surface area contributed by atoms with Gasteiger partial charge in [0.25, 0.3) is 0 Å². The molecule has 0 aliphatic rings. The van der Waals surface area contributed by atoms with Crippen molar-refractivity contribution in [3.05, 3.63) is 59.4 Å². The molecule has 0 aliphatic carbocycles. The standard InChI is InChI=1S/C20H21F5NO5P/c1-11(19(27)29-10-20(2,3)4)26-32(28,30-12-8-6-5-7-9-12)31-18-16(24)14(22)13(21)15(23)17(18)25/h5-9,11H,10H2,1-4H3,(H,26,28)/t11-,32-/m0/s1. The van der Waals surface area contributed by atoms with E-state index < -0.39 is 60.0 Å². The van der Waals surface area contributed by atoms with Crippen LogP contribution in [0.25, 0.3) is 0 Å². The Morgan fingerprint density at radius 3 is 1.94 bits per heavy atom. The first-order chi connectivity index (χ1) is 14.7. The average molecular weight is 481 g/mol. The fraction of sp³-hybridized carbons (Fsp3) is 0.350. The van der Waals surface area contributed by atoms with Gasteiger partial charge in [0, 0.05) is 0 Å². The van der Waals surface area contributed by atoms with Crippen molar-refractivity contribution in [2.45, 2.75) is 33.7 Å². The van der Waals surface area contributed by atoms with E-state index in [2.05, 4.69) is 9.61 Å². The summed E-state index contributed by atoms with van der Waals surface area (Å²) in [6, 6.07) is 5.66. The molecule has 12 heteroatoms. The van der Waals surface area contributed by atoms with E-state index in [1.807, 2.05) is 0 Å². The molecule has 0 radical (unpaired) electrons. The van der Waals surface area contributed by atoms with Gasteiger partial charge in [-0.2, -0.15) is 13.9 Å². The highest BCUT2D eigenvalue weighted by Crippen LogP contribution is 2.47. The molecular weight excluding hydrogens is 460 g/mol. The van der Waals surface area contributed by atoms with Gasteiger partial charge in [0.1, 0.15) is 11.8 Å². The van der Waals surface area contributed by atoms with E-state index in [0.29, 0.717) is 0 Å². The van der Waals surface area contributed by atoms with Crippen molar-refractivity contribution in [1.29, 1.82) is 0 Å². The smallest absolute Gasteiger partial charge is 0.464 e. The molecule has 0 spiro atoms. The van der Waals surface area contributed by atoms with Gasteiger partial charge in [0.2, 0.25) is 34.8 Å². The predicted molar refractivity (Wildman–Crippen MR) is 105 cm³/mol. The summed E-state index contributed by atoms with van der Waals surface area (Å²) in [4.78, 5) is 12.2. The number of carbonyl (C=O) groups excluding carboxylic acids is 1. The highest BCUT2D eigenvalue weighted by molar-refractivity contribution is 7.52. The quantitative estimate of drug-likeness (QED) is 0.176. The number of carbonyl (C=O) groups is 1. The Labute approximate surface area is 181 Å². The molecule has 1 N–H and O–H groups in total. The van der Waals surface area contributed by atoms with Gasteiger partial charge in [-0.3, -0.25) is 4.79 Å². The maximum absolute atomic E-state index is 14.1. The van der Waals surface area contributed by atoms with Crippen molar-refractivity contribution >= 4 is 13.7 Å². The van der Waals surface area contributed by atoms with Crippen molar-refractivity contribution in [3.8, 4) is 11.5 Å². The molecule has 32 heavy (non-hydrogen) atoms. The van der Waals surface area contributed by atoms with E-state index in [-0.39, 0.29) is 12.4 Å². The molecule has 2 aromatic carbocycles. The zero-order valence-corrected chi connectivity index (χ0v) is 18.4. The minimum Gasteiger partial charge on any atom is -0.464 e. The molecule has 2 aromatic rings. The third-order valence-electron chi connectivity index (χ3n) is 3.70. The zero-order chi connectivity index (χ0) is 24.3. The van der Waals surface area contributed by atoms with Gasteiger partial charge in [-0.15, -0.1) is 0 Å². The van der Waals surface area contributed by atoms with Crippen LogP contribution in [0.15, 0.2) is 30.3 Å². The summed E-state index contributed by atoms with van der Waals surface area (Å²) in [7, 11) is -4.93. The van der Waals surface area contributed by atoms with Gasteiger partial charge >= 0.3 is 13.7 Å². The molecule has 0 unspecified atom stereocenters. The lowest BCUT2D eigenvalue weighted by atomic mass is 9.99. The zero-order valence-electron chi connectivity index (χ0n) is 17.5. The van der Waals surface area contributed by atoms with E-state index in [1.165, 1.54) is 31.2 Å². The van der Waals surface area contributed by atoms with Gasteiger partial charge in [0.15, 0.2) is 0 Å². The normalized spacial score (nSPS) is 14.4. The monoisotopic (exact) mass is 481 g/mol. The van der Waals surface area contributed by atoms with E-state index >= 15 is 0 Å². The Hall–Kier alpha value is -2.65. The van der Waals surface area contributed by atoms with Gasteiger partial charge in [-0.25, -0.2) is 17.7 Å². The SMILES string of the molecule is C[C@H](N[P@](=O)(Oc1ccccc1)Oc1c(F)c(F)c(F)c(F)c1F)C(=O)OCC(C)(C)C. The van der Waals surface area contributed by atoms with Crippen LogP contribution in [-0.4, -0.2) is 18.6 Å². The molecule has 0 amide bonds. The molecule has 0 fully saturated rings. The fourth-order valence-corrected chi connectivity index (χ4v) is 3.70. The van der Waals surface area contributed by atoms with Crippen LogP contribution in [0.2, 0.25) is 0 Å². The summed E-state index contributed by atoms with van der Waals surface area (Å²) in [5.74, 6) is -14.6. The third kappa shape index (κ3) is 6.43. The number of benzene rings is 2. The second-order valence-electron chi connectivity index (χ2n) is 7.91. The van der Waals surface area contributed by atoms with Gasteiger partial charge in [-0.05, 0) is 24.5 Å². The molecule has 0 saturated carbocycles. The van der Waals surface area contributed by atoms with Crippen LogP contribution < -0.4 is 14.1 Å². The number of rotatable bonds is 8. The fourth-order valence-electron chi connectivity index (χ4n) is 2.18. The number of halogens is 5. The number of para-hydroxylation sites is 1. The maximum atomic E-state index is 14.1. The van der Waals surface area contributed by atoms with Crippen LogP contribution >= 0.6 is 7.75 Å². The van der Waals surface area contributed by atoms with Gasteiger partial charge < -0.3 is 13.8 Å². The second kappa shape index (κ2) is 9.87. The number of esters is 1. The molecule has 0 aromatic heterocycles.